The summed E-state index contributed by atoms with van der Waals surface area (Å²) in [5.74, 6) is 1.83. The highest BCUT2D eigenvalue weighted by molar-refractivity contribution is 5.82. The van der Waals surface area contributed by atoms with Crippen LogP contribution in [-0.4, -0.2) is 100 Å². The van der Waals surface area contributed by atoms with Gasteiger partial charge in [-0.15, -0.1) is 0 Å². The van der Waals surface area contributed by atoms with Crippen molar-refractivity contribution in [3.05, 3.63) is 64.2 Å². The predicted octanol–water partition coefficient (Wildman–Crippen LogP) is 12.3. The first-order chi connectivity index (χ1) is 26.3. The van der Waals surface area contributed by atoms with E-state index < -0.39 is 0 Å². The van der Waals surface area contributed by atoms with Crippen LogP contribution in [0.25, 0.3) is 0 Å². The molecule has 0 saturated carbocycles. The zero-order valence-corrected chi connectivity index (χ0v) is 38.7. The Kier molecular flexibility index (Phi) is 22.2. The van der Waals surface area contributed by atoms with Crippen molar-refractivity contribution in [2.75, 3.05) is 75.0 Å². The van der Waals surface area contributed by atoms with Crippen molar-refractivity contribution in [1.29, 1.82) is 0 Å². The molecule has 0 aliphatic heterocycles. The minimum Gasteiger partial charge on any atom is -0.380 e. The number of hydrogen-bond donors (Lipinski definition) is 0. The van der Waals surface area contributed by atoms with E-state index in [1.807, 2.05) is 27.1 Å². The van der Waals surface area contributed by atoms with Gasteiger partial charge in [-0.1, -0.05) is 115 Å². The Morgan fingerprint density at radius 2 is 0.911 bits per heavy atom. The topological polar surface area (TPSA) is 43.4 Å². The summed E-state index contributed by atoms with van der Waals surface area (Å²) in [7, 11) is 13.2. The molecule has 0 spiro atoms. The fraction of sp³-hybridized carbons (Fsp3) is 0.720. The predicted molar refractivity (Wildman–Crippen MR) is 240 cm³/mol. The Bertz CT molecular complexity index is 1440. The summed E-state index contributed by atoms with van der Waals surface area (Å²) in [5.41, 5.74) is 5.98. The lowest BCUT2D eigenvalue weighted by Gasteiger charge is -2.30. The highest BCUT2D eigenvalue weighted by Crippen LogP contribution is 2.29. The van der Waals surface area contributed by atoms with Crippen molar-refractivity contribution in [2.24, 2.45) is 0 Å². The van der Waals surface area contributed by atoms with Crippen LogP contribution in [0.1, 0.15) is 170 Å². The molecule has 0 atom stereocenters. The molecule has 0 saturated heterocycles. The fourth-order valence-electron chi connectivity index (χ4n) is 8.15. The maximum atomic E-state index is 13.0. The summed E-state index contributed by atoms with van der Waals surface area (Å²) in [5, 5.41) is 0. The molecule has 0 fully saturated rings. The van der Waals surface area contributed by atoms with Gasteiger partial charge < -0.3 is 13.7 Å². The van der Waals surface area contributed by atoms with E-state index in [2.05, 4.69) is 93.1 Å². The van der Waals surface area contributed by atoms with Crippen molar-refractivity contribution < 1.29 is 27.8 Å². The van der Waals surface area contributed by atoms with Gasteiger partial charge in [0.2, 0.25) is 0 Å². The molecular weight excluding hydrogens is 691 g/mol. The smallest absolute Gasteiger partial charge is 0.380 e. The Hall–Kier alpha value is -2.54. The van der Waals surface area contributed by atoms with Crippen LogP contribution in [-0.2, 0) is 11.2 Å². The average molecular weight is 779 g/mol. The molecule has 2 rings (SSSR count). The fourth-order valence-corrected chi connectivity index (χ4v) is 8.15. The van der Waals surface area contributed by atoms with Crippen molar-refractivity contribution >= 4 is 11.9 Å². The lowest BCUT2D eigenvalue weighted by Crippen LogP contribution is -2.48. The quantitative estimate of drug-likeness (QED) is 0.0610. The van der Waals surface area contributed by atoms with Crippen molar-refractivity contribution in [2.45, 2.75) is 163 Å². The van der Waals surface area contributed by atoms with Gasteiger partial charge in [-0.05, 0) is 105 Å². The normalized spacial score (nSPS) is 12.5. The number of carbonyl (C=O) groups excluding carboxylic acids is 2. The van der Waals surface area contributed by atoms with Crippen LogP contribution in [0.2, 0.25) is 0 Å². The van der Waals surface area contributed by atoms with Crippen molar-refractivity contribution in [3.63, 3.8) is 0 Å². The number of likely N-dealkylation sites (N-methyl/N-ethyl adjacent to an activating group) is 1. The number of nitrogens with zero attached hydrogens (tertiary/aromatic N) is 3. The Balaban J connectivity index is 1.45. The largest absolute Gasteiger partial charge is 0.521 e. The lowest BCUT2D eigenvalue weighted by molar-refractivity contribution is -0.890. The summed E-state index contributed by atoms with van der Waals surface area (Å²) in [6, 6.07) is 12.7. The highest BCUT2D eigenvalue weighted by atomic mass is 16.6. The number of unbranched alkanes of at least 4 members (excludes halogenated alkanes) is 14. The highest BCUT2D eigenvalue weighted by Gasteiger charge is 2.30. The standard InChI is InChI=1S/C50H88N3O3/c1-41(2)47-31-29-43(5)37-45(47)39-46(54)40-52(9,10)35-27-23-19-14-13-17-21-25-33-51(7,8)34-26-22-18-15-16-20-24-28-36-53(11,12)50(55)56-49-38-44(6)30-32-48(49)42(3)4/h29-32,37-38,41-42H,13-28,33-36,39-40H2,1-12H3/q+3. The lowest BCUT2D eigenvalue weighted by atomic mass is 9.92. The third-order valence-corrected chi connectivity index (χ3v) is 11.9. The van der Waals surface area contributed by atoms with E-state index in [0.717, 1.165) is 39.6 Å². The van der Waals surface area contributed by atoms with Crippen LogP contribution in [0, 0.1) is 13.8 Å². The number of hydrogen-bond acceptors (Lipinski definition) is 3. The Labute approximate surface area is 346 Å². The Morgan fingerprint density at radius 1 is 0.518 bits per heavy atom. The molecule has 0 heterocycles. The van der Waals surface area contributed by atoms with Crippen LogP contribution >= 0.6 is 0 Å². The molecule has 0 aliphatic carbocycles. The van der Waals surface area contributed by atoms with Gasteiger partial charge in [0.15, 0.2) is 5.78 Å². The number of amides is 1. The van der Waals surface area contributed by atoms with Crippen molar-refractivity contribution in [3.8, 4) is 5.75 Å². The van der Waals surface area contributed by atoms with E-state index in [9.17, 15) is 9.59 Å². The van der Waals surface area contributed by atoms with Crippen LogP contribution in [0.15, 0.2) is 36.4 Å². The van der Waals surface area contributed by atoms with Gasteiger partial charge in [0.05, 0.1) is 68.5 Å². The number of rotatable bonds is 29. The van der Waals surface area contributed by atoms with Gasteiger partial charge in [-0.2, -0.15) is 4.79 Å². The monoisotopic (exact) mass is 779 g/mol. The summed E-state index contributed by atoms with van der Waals surface area (Å²) in [6.45, 7) is 18.0. The maximum absolute atomic E-state index is 13.0. The number of Topliss-reactive ketones (excluding diaryl/α,β-unsaturated/α-hetero) is 1. The molecule has 0 aliphatic rings. The minimum absolute atomic E-state index is 0.169. The van der Waals surface area contributed by atoms with E-state index in [4.69, 9.17) is 4.74 Å². The average Bonchev–Trinajstić information content (AvgIpc) is 3.09. The SMILES string of the molecule is Cc1ccc(C(C)C)c(CC(=O)C[N+](C)(C)CCCCCCCCCC[N+](C)(C)CCCCCCCCCC[N+](C)(C)C(=O)Oc2cc(C)ccc2C(C)C)c1. The molecule has 1 amide bonds. The number of aryl methyl sites for hydroxylation is 2. The minimum atomic E-state index is -0.169. The van der Waals surface area contributed by atoms with Gasteiger partial charge >= 0.3 is 6.09 Å². The first-order valence-corrected chi connectivity index (χ1v) is 22.7. The summed E-state index contributed by atoms with van der Waals surface area (Å²) in [6.07, 6.45) is 21.1. The summed E-state index contributed by atoms with van der Waals surface area (Å²) < 4.78 is 8.13. The number of quaternary nitrogens is 3. The van der Waals surface area contributed by atoms with E-state index in [1.165, 1.54) is 126 Å². The van der Waals surface area contributed by atoms with E-state index in [-0.39, 0.29) is 10.6 Å². The molecule has 0 N–H and O–H groups in total. The molecular formula is C50H88N3O3+3. The van der Waals surface area contributed by atoms with E-state index in [1.54, 1.807) is 0 Å². The van der Waals surface area contributed by atoms with Crippen LogP contribution in [0.3, 0.4) is 0 Å². The van der Waals surface area contributed by atoms with E-state index in [0.29, 0.717) is 36.3 Å². The zero-order chi connectivity index (χ0) is 41.8. The third-order valence-electron chi connectivity index (χ3n) is 11.9. The molecule has 0 unspecified atom stereocenters. The van der Waals surface area contributed by atoms with Crippen LogP contribution < -0.4 is 4.74 Å². The van der Waals surface area contributed by atoms with Gasteiger partial charge in [-0.25, -0.2) is 4.48 Å². The molecule has 0 aromatic heterocycles. The van der Waals surface area contributed by atoms with Crippen molar-refractivity contribution in [1.82, 2.24) is 0 Å². The maximum Gasteiger partial charge on any atom is 0.521 e. The number of benzene rings is 2. The molecule has 2 aromatic carbocycles. The zero-order valence-electron chi connectivity index (χ0n) is 38.7. The number of ketones is 1. The van der Waals surface area contributed by atoms with E-state index >= 15 is 0 Å². The molecule has 6 nitrogen and oxygen atoms in total. The van der Waals surface area contributed by atoms with Gasteiger partial charge in [0.1, 0.15) is 12.3 Å². The van der Waals surface area contributed by atoms with Gasteiger partial charge in [0.25, 0.3) is 0 Å². The molecule has 56 heavy (non-hydrogen) atoms. The molecule has 318 valence electrons. The second-order valence-corrected chi connectivity index (χ2v) is 19.9. The molecule has 0 bridgehead atoms. The molecule has 6 heteroatoms. The number of ether oxygens (including phenoxy) is 1. The molecule has 0 radical (unpaired) electrons. The second-order valence-electron chi connectivity index (χ2n) is 19.9. The van der Waals surface area contributed by atoms with Crippen LogP contribution in [0.4, 0.5) is 4.79 Å². The first-order valence-electron chi connectivity index (χ1n) is 22.7. The second kappa shape index (κ2) is 25.1. The van der Waals surface area contributed by atoms with Gasteiger partial charge in [0, 0.05) is 6.42 Å². The summed E-state index contributed by atoms with van der Waals surface area (Å²) in [4.78, 5) is 26.1. The van der Waals surface area contributed by atoms with Gasteiger partial charge in [-0.3, -0.25) is 4.79 Å². The Morgan fingerprint density at radius 3 is 1.38 bits per heavy atom. The summed E-state index contributed by atoms with van der Waals surface area (Å²) >= 11 is 0. The first kappa shape index (κ1) is 49.6. The third kappa shape index (κ3) is 20.2. The molecule has 2 aromatic rings. The number of carbonyl (C=O) groups is 2. The van der Waals surface area contributed by atoms with Crippen LogP contribution in [0.5, 0.6) is 5.75 Å².